The number of nitrogens with one attached hydrogen (secondary N) is 1. The van der Waals surface area contributed by atoms with Gasteiger partial charge < -0.3 is 10.1 Å². The minimum absolute atomic E-state index is 0.109. The van der Waals surface area contributed by atoms with Crippen molar-refractivity contribution < 1.29 is 19.2 Å². The number of anilines is 1. The molecule has 0 bridgehead atoms. The monoisotopic (exact) mass is 368 g/mol. The van der Waals surface area contributed by atoms with Gasteiger partial charge in [-0.15, -0.1) is 11.3 Å². The van der Waals surface area contributed by atoms with Crippen molar-refractivity contribution in [1.29, 1.82) is 0 Å². The number of amides is 1. The number of carbonyl (C=O) groups excluding carboxylic acids is 2. The Morgan fingerprint density at radius 2 is 2.00 bits per heavy atom. The highest BCUT2D eigenvalue weighted by Crippen LogP contribution is 2.35. The number of thiophene rings is 2. The fourth-order valence-corrected chi connectivity index (χ4v) is 4.07. The highest BCUT2D eigenvalue weighted by molar-refractivity contribution is 7.18. The van der Waals surface area contributed by atoms with Gasteiger partial charge in [0.05, 0.1) is 22.0 Å². The predicted molar refractivity (Wildman–Crippen MR) is 93.3 cm³/mol. The molecule has 2 heterocycles. The van der Waals surface area contributed by atoms with E-state index in [1.807, 2.05) is 13.8 Å². The highest BCUT2D eigenvalue weighted by Gasteiger charge is 2.24. The van der Waals surface area contributed by atoms with Gasteiger partial charge in [0.2, 0.25) is 0 Å². The maximum absolute atomic E-state index is 12.3. The average Bonchev–Trinajstić information content (AvgIpc) is 3.12. The zero-order valence-electron chi connectivity index (χ0n) is 13.4. The number of rotatable bonds is 6. The largest absolute Gasteiger partial charge is 0.462 e. The second-order valence-corrected chi connectivity index (χ2v) is 7.05. The van der Waals surface area contributed by atoms with Crippen molar-refractivity contribution in [3.63, 3.8) is 0 Å². The molecule has 1 amide bonds. The third kappa shape index (κ3) is 3.62. The summed E-state index contributed by atoms with van der Waals surface area (Å²) in [7, 11) is 0. The summed E-state index contributed by atoms with van der Waals surface area (Å²) in [6.45, 7) is 5.75. The fraction of sp³-hybridized carbons (Fsp3) is 0.333. The minimum Gasteiger partial charge on any atom is -0.462 e. The van der Waals surface area contributed by atoms with Gasteiger partial charge in [0.15, 0.2) is 0 Å². The van der Waals surface area contributed by atoms with Gasteiger partial charge in [0, 0.05) is 10.9 Å². The van der Waals surface area contributed by atoms with Crippen LogP contribution in [0.1, 0.15) is 44.3 Å². The summed E-state index contributed by atoms with van der Waals surface area (Å²) in [5, 5.41) is 13.7. The van der Waals surface area contributed by atoms with Gasteiger partial charge in [-0.2, -0.15) is 0 Å². The molecular weight excluding hydrogens is 352 g/mol. The molecule has 0 unspecified atom stereocenters. The molecule has 2 rings (SSSR count). The van der Waals surface area contributed by atoms with Crippen molar-refractivity contribution in [3.8, 4) is 0 Å². The van der Waals surface area contributed by atoms with E-state index >= 15 is 0 Å². The molecule has 7 nitrogen and oxygen atoms in total. The van der Waals surface area contributed by atoms with Crippen LogP contribution in [-0.4, -0.2) is 23.4 Å². The zero-order chi connectivity index (χ0) is 17.9. The van der Waals surface area contributed by atoms with Crippen LogP contribution in [0.15, 0.2) is 12.1 Å². The van der Waals surface area contributed by atoms with Gasteiger partial charge in [0.25, 0.3) is 5.91 Å². The Labute approximate surface area is 146 Å². The van der Waals surface area contributed by atoms with Gasteiger partial charge >= 0.3 is 11.0 Å². The zero-order valence-corrected chi connectivity index (χ0v) is 15.0. The Hall–Kier alpha value is -2.26. The van der Waals surface area contributed by atoms with Crippen molar-refractivity contribution in [2.24, 2.45) is 0 Å². The number of nitrogens with zero attached hydrogens (tertiary/aromatic N) is 1. The van der Waals surface area contributed by atoms with E-state index in [4.69, 9.17) is 4.74 Å². The predicted octanol–water partition coefficient (Wildman–Crippen LogP) is 4.02. The molecule has 9 heteroatoms. The SMILES string of the molecule is CCOC(=O)c1c(NC(=O)c2ccc([N+](=O)[O-])s2)sc(C)c1CC. The molecule has 0 aromatic carbocycles. The molecule has 0 fully saturated rings. The van der Waals surface area contributed by atoms with Crippen LogP contribution in [0.4, 0.5) is 10.0 Å². The molecule has 0 atom stereocenters. The van der Waals surface area contributed by atoms with Crippen molar-refractivity contribution in [3.05, 3.63) is 43.1 Å². The van der Waals surface area contributed by atoms with Crippen LogP contribution < -0.4 is 5.32 Å². The van der Waals surface area contributed by atoms with E-state index in [1.165, 1.54) is 23.5 Å². The Bertz CT molecular complexity index is 794. The van der Waals surface area contributed by atoms with Gasteiger partial charge in [-0.1, -0.05) is 18.3 Å². The number of carbonyl (C=O) groups is 2. The fourth-order valence-electron chi connectivity index (χ4n) is 2.22. The Morgan fingerprint density at radius 3 is 2.54 bits per heavy atom. The first-order chi connectivity index (χ1) is 11.4. The molecule has 0 saturated heterocycles. The van der Waals surface area contributed by atoms with E-state index in [9.17, 15) is 19.7 Å². The van der Waals surface area contributed by atoms with Crippen LogP contribution in [0.3, 0.4) is 0 Å². The van der Waals surface area contributed by atoms with Crippen LogP contribution in [0.25, 0.3) is 0 Å². The highest BCUT2D eigenvalue weighted by atomic mass is 32.1. The van der Waals surface area contributed by atoms with Crippen molar-refractivity contribution in [2.45, 2.75) is 27.2 Å². The quantitative estimate of drug-likeness (QED) is 0.472. The number of esters is 1. The number of hydrogen-bond donors (Lipinski definition) is 1. The van der Waals surface area contributed by atoms with Gasteiger partial charge in [-0.25, -0.2) is 4.79 Å². The summed E-state index contributed by atoms with van der Waals surface area (Å²) < 4.78 is 5.08. The van der Waals surface area contributed by atoms with E-state index in [-0.39, 0.29) is 16.5 Å². The van der Waals surface area contributed by atoms with Gasteiger partial charge in [-0.3, -0.25) is 14.9 Å². The summed E-state index contributed by atoms with van der Waals surface area (Å²) in [6.07, 6.45) is 0.636. The van der Waals surface area contributed by atoms with E-state index in [0.29, 0.717) is 17.0 Å². The number of aryl methyl sites for hydroxylation is 1. The first-order valence-electron chi connectivity index (χ1n) is 7.23. The summed E-state index contributed by atoms with van der Waals surface area (Å²) in [6, 6.07) is 2.67. The third-order valence-electron chi connectivity index (χ3n) is 3.26. The average molecular weight is 368 g/mol. The van der Waals surface area contributed by atoms with Crippen LogP contribution in [-0.2, 0) is 11.2 Å². The second-order valence-electron chi connectivity index (χ2n) is 4.76. The molecule has 128 valence electrons. The second kappa shape index (κ2) is 7.54. The number of nitro groups is 1. The molecule has 24 heavy (non-hydrogen) atoms. The molecule has 1 N–H and O–H groups in total. The molecular formula is C15H16N2O5S2. The molecule has 2 aromatic rings. The first kappa shape index (κ1) is 18.1. The van der Waals surface area contributed by atoms with Gasteiger partial charge in [-0.05, 0) is 31.9 Å². The van der Waals surface area contributed by atoms with Crippen LogP contribution >= 0.6 is 22.7 Å². The topological polar surface area (TPSA) is 98.5 Å². The van der Waals surface area contributed by atoms with Crippen molar-refractivity contribution >= 4 is 44.6 Å². The Balaban J connectivity index is 2.32. The van der Waals surface area contributed by atoms with Gasteiger partial charge in [0.1, 0.15) is 5.00 Å². The Kier molecular flexibility index (Phi) is 5.68. The van der Waals surface area contributed by atoms with E-state index in [0.717, 1.165) is 21.8 Å². The molecule has 2 aromatic heterocycles. The minimum atomic E-state index is -0.546. The lowest BCUT2D eigenvalue weighted by Crippen LogP contribution is -2.14. The molecule has 0 aliphatic carbocycles. The Morgan fingerprint density at radius 1 is 1.29 bits per heavy atom. The van der Waals surface area contributed by atoms with E-state index in [1.54, 1.807) is 6.92 Å². The van der Waals surface area contributed by atoms with Crippen molar-refractivity contribution in [1.82, 2.24) is 0 Å². The smallest absolute Gasteiger partial charge is 0.341 e. The van der Waals surface area contributed by atoms with Crippen LogP contribution in [0.2, 0.25) is 0 Å². The molecule has 0 spiro atoms. The number of ether oxygens (including phenoxy) is 1. The molecule has 0 saturated carbocycles. The summed E-state index contributed by atoms with van der Waals surface area (Å²) in [5.41, 5.74) is 1.20. The van der Waals surface area contributed by atoms with Crippen LogP contribution in [0, 0.1) is 17.0 Å². The van der Waals surface area contributed by atoms with Crippen molar-refractivity contribution in [2.75, 3.05) is 11.9 Å². The maximum Gasteiger partial charge on any atom is 0.341 e. The summed E-state index contributed by atoms with van der Waals surface area (Å²) >= 11 is 2.08. The maximum atomic E-state index is 12.3. The van der Waals surface area contributed by atoms with Crippen LogP contribution in [0.5, 0.6) is 0 Å². The summed E-state index contributed by atoms with van der Waals surface area (Å²) in [5.74, 6) is -0.964. The lowest BCUT2D eigenvalue weighted by Gasteiger charge is -2.07. The normalized spacial score (nSPS) is 10.5. The molecule has 0 aliphatic rings. The van der Waals surface area contributed by atoms with E-state index in [2.05, 4.69) is 5.32 Å². The lowest BCUT2D eigenvalue weighted by atomic mass is 10.1. The lowest BCUT2D eigenvalue weighted by molar-refractivity contribution is -0.380. The van der Waals surface area contributed by atoms with E-state index < -0.39 is 16.8 Å². The standard InChI is InChI=1S/C15H16N2O5S2/c1-4-9-8(3)23-14(12(9)15(19)22-5-2)16-13(18)10-6-7-11(24-10)17(20)21/h6-7H,4-5H2,1-3H3,(H,16,18). The summed E-state index contributed by atoms with van der Waals surface area (Å²) in [4.78, 5) is 35.8. The number of hydrogen-bond acceptors (Lipinski definition) is 7. The molecule has 0 radical (unpaired) electrons. The molecule has 0 aliphatic heterocycles. The first-order valence-corrected chi connectivity index (χ1v) is 8.87. The third-order valence-corrected chi connectivity index (χ3v) is 5.36.